The Labute approximate surface area is 147 Å². The van der Waals surface area contributed by atoms with E-state index in [2.05, 4.69) is 32.0 Å². The molecular weight excluding hydrogens is 340 g/mol. The summed E-state index contributed by atoms with van der Waals surface area (Å²) in [7, 11) is 0. The molecule has 0 aliphatic carbocycles. The number of nitrogens with one attached hydrogen (secondary N) is 1. The average molecular weight is 354 g/mol. The maximum Gasteiger partial charge on any atom is 0.289 e. The van der Waals surface area contributed by atoms with Crippen molar-refractivity contribution in [1.29, 1.82) is 0 Å². The summed E-state index contributed by atoms with van der Waals surface area (Å²) in [5.41, 5.74) is 3.87. The molecule has 1 saturated heterocycles. The second-order valence-electron chi connectivity index (χ2n) is 5.40. The summed E-state index contributed by atoms with van der Waals surface area (Å²) in [5, 5.41) is 4.78. The lowest BCUT2D eigenvalue weighted by Gasteiger charge is -2.01. The Balaban J connectivity index is 1.82. The number of aliphatic imine (C=N–C) groups is 1. The van der Waals surface area contributed by atoms with Gasteiger partial charge < -0.3 is 5.32 Å². The molecule has 24 heavy (non-hydrogen) atoms. The average Bonchev–Trinajstić information content (AvgIpc) is 3.18. The third kappa shape index (κ3) is 2.65. The molecule has 1 N–H and O–H groups in total. The van der Waals surface area contributed by atoms with E-state index < -0.39 is 0 Å². The van der Waals surface area contributed by atoms with Crippen molar-refractivity contribution in [2.45, 2.75) is 13.8 Å². The second kappa shape index (κ2) is 5.92. The van der Waals surface area contributed by atoms with Crippen molar-refractivity contribution in [3.8, 4) is 0 Å². The number of hydrogen-bond donors (Lipinski definition) is 1. The van der Waals surface area contributed by atoms with Crippen molar-refractivity contribution in [2.75, 3.05) is 0 Å². The molecule has 1 fully saturated rings. The molecule has 0 spiro atoms. The quantitative estimate of drug-likeness (QED) is 0.735. The van der Waals surface area contributed by atoms with Crippen LogP contribution in [0.25, 0.3) is 11.0 Å². The second-order valence-corrected chi connectivity index (χ2v) is 7.25. The highest BCUT2D eigenvalue weighted by Gasteiger charge is 2.24. The van der Waals surface area contributed by atoms with Gasteiger partial charge in [-0.15, -0.1) is 11.3 Å². The standard InChI is InChI=1S/C17H14N4OS2/c1-10-9-23-16-18-11(2)13(21(10)16)8-14-15(20-17(22)24-14)19-12-6-4-3-5-7-12/h3-9H,1-2H3,(H,19,20,22)/b14-8-. The van der Waals surface area contributed by atoms with E-state index >= 15 is 0 Å². The first-order chi connectivity index (χ1) is 11.6. The molecular formula is C17H14N4OS2. The number of hydrogen-bond acceptors (Lipinski definition) is 5. The van der Waals surface area contributed by atoms with E-state index in [1.54, 1.807) is 11.3 Å². The smallest absolute Gasteiger partial charge is 0.289 e. The molecule has 1 aliphatic rings. The molecule has 3 aromatic rings. The van der Waals surface area contributed by atoms with Crippen molar-refractivity contribution >= 4 is 50.9 Å². The maximum absolute atomic E-state index is 11.9. The molecule has 2 aromatic heterocycles. The lowest BCUT2D eigenvalue weighted by molar-refractivity contribution is 0.265. The highest BCUT2D eigenvalue weighted by molar-refractivity contribution is 8.18. The van der Waals surface area contributed by atoms with E-state index in [0.717, 1.165) is 44.4 Å². The molecule has 5 nitrogen and oxygen atoms in total. The highest BCUT2D eigenvalue weighted by Crippen LogP contribution is 2.30. The molecule has 120 valence electrons. The number of aromatic nitrogens is 2. The number of nitrogens with zero attached hydrogens (tertiary/aromatic N) is 3. The fraction of sp³-hybridized carbons (Fsp3) is 0.118. The van der Waals surface area contributed by atoms with E-state index in [1.165, 1.54) is 0 Å². The molecule has 0 radical (unpaired) electrons. The SMILES string of the molecule is Cc1nc2scc(C)n2c1/C=C1\SC(=O)NC1=Nc1ccccc1. The molecule has 3 heterocycles. The Morgan fingerprint density at radius 2 is 2.04 bits per heavy atom. The van der Waals surface area contributed by atoms with Gasteiger partial charge in [-0.1, -0.05) is 18.2 Å². The first-order valence-corrected chi connectivity index (χ1v) is 9.09. The normalized spacial score (nSPS) is 18.0. The summed E-state index contributed by atoms with van der Waals surface area (Å²) in [6, 6.07) is 9.60. The van der Waals surface area contributed by atoms with Gasteiger partial charge in [0.1, 0.15) is 5.84 Å². The van der Waals surface area contributed by atoms with Crippen LogP contribution in [0.5, 0.6) is 0 Å². The monoisotopic (exact) mass is 354 g/mol. The number of carbonyl (C=O) groups excluding carboxylic acids is 1. The van der Waals surface area contributed by atoms with Crippen LogP contribution in [0, 0.1) is 13.8 Å². The zero-order chi connectivity index (χ0) is 16.7. The molecule has 0 unspecified atom stereocenters. The Morgan fingerprint density at radius 1 is 1.25 bits per heavy atom. The molecule has 0 saturated carbocycles. The van der Waals surface area contributed by atoms with Gasteiger partial charge in [0.05, 0.1) is 22.0 Å². The number of thiazole rings is 1. The van der Waals surface area contributed by atoms with E-state index in [4.69, 9.17) is 0 Å². The van der Waals surface area contributed by atoms with Crippen molar-refractivity contribution in [3.05, 3.63) is 57.7 Å². The number of imidazole rings is 1. The third-order valence-electron chi connectivity index (χ3n) is 3.68. The Hall–Kier alpha value is -2.38. The van der Waals surface area contributed by atoms with E-state index in [9.17, 15) is 4.79 Å². The summed E-state index contributed by atoms with van der Waals surface area (Å²) in [5.74, 6) is 0.582. The number of fused-ring (bicyclic) bond motifs is 1. The van der Waals surface area contributed by atoms with Gasteiger partial charge in [0.25, 0.3) is 5.24 Å². The summed E-state index contributed by atoms with van der Waals surface area (Å²) in [6.07, 6.45) is 1.99. The number of rotatable bonds is 2. The zero-order valence-electron chi connectivity index (χ0n) is 13.1. The van der Waals surface area contributed by atoms with Crippen LogP contribution >= 0.6 is 23.1 Å². The van der Waals surface area contributed by atoms with E-state index in [0.29, 0.717) is 5.84 Å². The first kappa shape index (κ1) is 15.2. The lowest BCUT2D eigenvalue weighted by atomic mass is 10.3. The van der Waals surface area contributed by atoms with Gasteiger partial charge in [0.2, 0.25) is 0 Å². The predicted octanol–water partition coefficient (Wildman–Crippen LogP) is 4.54. The number of amides is 1. The molecule has 0 atom stereocenters. The van der Waals surface area contributed by atoms with Crippen LogP contribution in [-0.2, 0) is 0 Å². The molecule has 1 amide bonds. The molecule has 7 heteroatoms. The first-order valence-electron chi connectivity index (χ1n) is 7.39. The highest BCUT2D eigenvalue weighted by atomic mass is 32.2. The fourth-order valence-corrected chi connectivity index (χ4v) is 4.19. The summed E-state index contributed by atoms with van der Waals surface area (Å²) < 4.78 is 2.11. The number of para-hydroxylation sites is 1. The van der Waals surface area contributed by atoms with Crippen LogP contribution in [-0.4, -0.2) is 20.5 Å². The van der Waals surface area contributed by atoms with Crippen molar-refractivity contribution in [2.24, 2.45) is 4.99 Å². The summed E-state index contributed by atoms with van der Waals surface area (Å²) in [6.45, 7) is 4.03. The minimum absolute atomic E-state index is 0.114. The number of thioether (sulfide) groups is 1. The Kier molecular flexibility index (Phi) is 3.74. The number of amidine groups is 1. The number of benzene rings is 1. The van der Waals surface area contributed by atoms with Gasteiger partial charge in [-0.05, 0) is 43.8 Å². The van der Waals surface area contributed by atoms with Crippen LogP contribution in [0.4, 0.5) is 10.5 Å². The summed E-state index contributed by atoms with van der Waals surface area (Å²) >= 11 is 2.77. The summed E-state index contributed by atoms with van der Waals surface area (Å²) in [4.78, 5) is 22.8. The van der Waals surface area contributed by atoms with Crippen molar-refractivity contribution < 1.29 is 4.79 Å². The molecule has 0 bridgehead atoms. The van der Waals surface area contributed by atoms with Gasteiger partial charge in [-0.25, -0.2) is 9.98 Å². The predicted molar refractivity (Wildman–Crippen MR) is 100 cm³/mol. The van der Waals surface area contributed by atoms with Crippen molar-refractivity contribution in [1.82, 2.24) is 14.7 Å². The van der Waals surface area contributed by atoms with Gasteiger partial charge in [-0.2, -0.15) is 0 Å². The lowest BCUT2D eigenvalue weighted by Crippen LogP contribution is -2.18. The van der Waals surface area contributed by atoms with Gasteiger partial charge in [-0.3, -0.25) is 9.20 Å². The molecule has 1 aliphatic heterocycles. The van der Waals surface area contributed by atoms with Crippen LogP contribution in [0.2, 0.25) is 0 Å². The van der Waals surface area contributed by atoms with E-state index in [1.807, 2.05) is 43.3 Å². The molecule has 4 rings (SSSR count). The fourth-order valence-electron chi connectivity index (χ4n) is 2.56. The number of carbonyl (C=O) groups is 1. The van der Waals surface area contributed by atoms with Crippen molar-refractivity contribution in [3.63, 3.8) is 0 Å². The minimum Gasteiger partial charge on any atom is -0.300 e. The Bertz CT molecular complexity index is 998. The Morgan fingerprint density at radius 3 is 2.83 bits per heavy atom. The number of aryl methyl sites for hydroxylation is 2. The van der Waals surface area contributed by atoms with Gasteiger partial charge in [0, 0.05) is 11.1 Å². The van der Waals surface area contributed by atoms with Gasteiger partial charge in [0.15, 0.2) is 4.96 Å². The largest absolute Gasteiger partial charge is 0.300 e. The van der Waals surface area contributed by atoms with Crippen LogP contribution in [0.3, 0.4) is 0 Å². The minimum atomic E-state index is -0.114. The zero-order valence-corrected chi connectivity index (χ0v) is 14.7. The topological polar surface area (TPSA) is 58.8 Å². The van der Waals surface area contributed by atoms with Crippen LogP contribution < -0.4 is 5.32 Å². The van der Waals surface area contributed by atoms with E-state index in [-0.39, 0.29) is 5.24 Å². The maximum atomic E-state index is 11.9. The third-order valence-corrected chi connectivity index (χ3v) is 5.44. The van der Waals surface area contributed by atoms with Crippen LogP contribution in [0.15, 0.2) is 45.6 Å². The van der Waals surface area contributed by atoms with Gasteiger partial charge >= 0.3 is 0 Å². The molecule has 1 aromatic carbocycles. The van der Waals surface area contributed by atoms with Crippen LogP contribution in [0.1, 0.15) is 17.1 Å².